The summed E-state index contributed by atoms with van der Waals surface area (Å²) in [5.41, 5.74) is 1.32. The number of aliphatic imine (C=N–C) groups is 1. The molecule has 8 nitrogen and oxygen atoms in total. The second-order valence-electron chi connectivity index (χ2n) is 7.37. The minimum atomic E-state index is -3.18. The summed E-state index contributed by atoms with van der Waals surface area (Å²) >= 11 is 0. The van der Waals surface area contributed by atoms with Crippen molar-refractivity contribution >= 4 is 40.0 Å². The number of likely N-dealkylation sites (tertiary alicyclic amines) is 1. The Kier molecular flexibility index (Phi) is 10.3. The number of nitrogens with one attached hydrogen (secondary N) is 2. The van der Waals surface area contributed by atoms with Gasteiger partial charge >= 0.3 is 0 Å². The van der Waals surface area contributed by atoms with Crippen molar-refractivity contribution in [3.8, 4) is 0 Å². The van der Waals surface area contributed by atoms with E-state index < -0.39 is 10.0 Å². The fourth-order valence-electron chi connectivity index (χ4n) is 3.84. The fourth-order valence-corrected chi connectivity index (χ4v) is 4.44. The summed E-state index contributed by atoms with van der Waals surface area (Å²) in [6.45, 7) is 9.38. The molecule has 0 radical (unpaired) electrons. The second-order valence-corrected chi connectivity index (χ2v) is 9.47. The first-order valence-electron chi connectivity index (χ1n) is 10.4. The van der Waals surface area contributed by atoms with Gasteiger partial charge < -0.3 is 15.0 Å². The van der Waals surface area contributed by atoms with Crippen molar-refractivity contribution in [2.45, 2.75) is 32.5 Å². The normalized spacial score (nSPS) is 22.5. The predicted octanol–water partition coefficient (Wildman–Crippen LogP) is 1.09. The van der Waals surface area contributed by atoms with Crippen molar-refractivity contribution in [3.63, 3.8) is 0 Å². The van der Waals surface area contributed by atoms with E-state index in [-0.39, 0.29) is 35.8 Å². The Bertz CT molecular complexity index is 778. The van der Waals surface area contributed by atoms with Gasteiger partial charge in [-0.05, 0) is 19.4 Å². The minimum absolute atomic E-state index is 0. The first-order chi connectivity index (χ1) is 14.0. The number of hydrogen-bond acceptors (Lipinski definition) is 5. The summed E-state index contributed by atoms with van der Waals surface area (Å²) in [6, 6.07) is 10.9. The quantitative estimate of drug-likeness (QED) is 0.218. The summed E-state index contributed by atoms with van der Waals surface area (Å²) in [7, 11) is -3.18. The van der Waals surface area contributed by atoms with E-state index in [0.717, 1.165) is 45.3 Å². The Balaban J connectivity index is 0.00000320. The Morgan fingerprint density at radius 3 is 2.70 bits per heavy atom. The summed E-state index contributed by atoms with van der Waals surface area (Å²) in [4.78, 5) is 9.37. The Morgan fingerprint density at radius 2 is 2.00 bits per heavy atom. The monoisotopic (exact) mass is 551 g/mol. The zero-order chi connectivity index (χ0) is 20.7. The Morgan fingerprint density at radius 1 is 1.23 bits per heavy atom. The SMILES string of the molecule is CCNC(=NCCNS(=O)(=O)CC)N1CC2OCCN(Cc3ccccc3)C2C1.I. The van der Waals surface area contributed by atoms with Crippen molar-refractivity contribution in [3.05, 3.63) is 35.9 Å². The van der Waals surface area contributed by atoms with Crippen molar-refractivity contribution in [1.29, 1.82) is 0 Å². The summed E-state index contributed by atoms with van der Waals surface area (Å²) in [5.74, 6) is 0.904. The summed E-state index contributed by atoms with van der Waals surface area (Å²) < 4.78 is 31.8. The van der Waals surface area contributed by atoms with Crippen LogP contribution in [0, 0.1) is 0 Å². The molecule has 2 heterocycles. The molecule has 0 aromatic heterocycles. The van der Waals surface area contributed by atoms with Crippen LogP contribution >= 0.6 is 24.0 Å². The van der Waals surface area contributed by atoms with Gasteiger partial charge in [0.2, 0.25) is 10.0 Å². The maximum Gasteiger partial charge on any atom is 0.211 e. The van der Waals surface area contributed by atoms with Gasteiger partial charge in [0.1, 0.15) is 0 Å². The number of morpholine rings is 1. The Hall–Kier alpha value is -0.950. The van der Waals surface area contributed by atoms with Gasteiger partial charge in [0, 0.05) is 39.3 Å². The molecule has 2 unspecified atom stereocenters. The molecular weight excluding hydrogens is 517 g/mol. The minimum Gasteiger partial charge on any atom is -0.373 e. The van der Waals surface area contributed by atoms with Crippen LogP contribution in [0.3, 0.4) is 0 Å². The molecule has 0 saturated carbocycles. The highest BCUT2D eigenvalue weighted by molar-refractivity contribution is 14.0. The van der Waals surface area contributed by atoms with Crippen LogP contribution in [0.1, 0.15) is 19.4 Å². The molecule has 2 aliphatic rings. The van der Waals surface area contributed by atoms with Gasteiger partial charge in [-0.25, -0.2) is 13.1 Å². The van der Waals surface area contributed by atoms with Crippen LogP contribution < -0.4 is 10.0 Å². The second kappa shape index (κ2) is 12.2. The third-order valence-electron chi connectivity index (χ3n) is 5.35. The van der Waals surface area contributed by atoms with Gasteiger partial charge in [-0.3, -0.25) is 9.89 Å². The molecule has 0 amide bonds. The molecule has 2 atom stereocenters. The van der Waals surface area contributed by atoms with E-state index in [1.54, 1.807) is 6.92 Å². The summed E-state index contributed by atoms with van der Waals surface area (Å²) in [5, 5.41) is 3.34. The largest absolute Gasteiger partial charge is 0.373 e. The predicted molar refractivity (Wildman–Crippen MR) is 131 cm³/mol. The molecule has 1 aromatic carbocycles. The van der Waals surface area contributed by atoms with Crippen LogP contribution in [0.15, 0.2) is 35.3 Å². The van der Waals surface area contributed by atoms with Gasteiger partial charge in [-0.1, -0.05) is 30.3 Å². The first kappa shape index (κ1) is 25.3. The van der Waals surface area contributed by atoms with Crippen LogP contribution in [0.25, 0.3) is 0 Å². The molecule has 2 aliphatic heterocycles. The van der Waals surface area contributed by atoms with E-state index in [0.29, 0.717) is 19.1 Å². The lowest BCUT2D eigenvalue weighted by atomic mass is 10.1. The zero-order valence-corrected chi connectivity index (χ0v) is 20.9. The number of fused-ring (bicyclic) bond motifs is 1. The molecule has 3 rings (SSSR count). The third-order valence-corrected chi connectivity index (χ3v) is 6.76. The maximum atomic E-state index is 11.6. The lowest BCUT2D eigenvalue weighted by Crippen LogP contribution is -2.50. The molecule has 0 bridgehead atoms. The highest BCUT2D eigenvalue weighted by Crippen LogP contribution is 2.24. The van der Waals surface area contributed by atoms with E-state index in [1.807, 2.05) is 13.0 Å². The molecule has 2 N–H and O–H groups in total. The highest BCUT2D eigenvalue weighted by atomic mass is 127. The van der Waals surface area contributed by atoms with Crippen molar-refractivity contribution in [1.82, 2.24) is 19.8 Å². The lowest BCUT2D eigenvalue weighted by molar-refractivity contribution is -0.0502. The highest BCUT2D eigenvalue weighted by Gasteiger charge is 2.41. The number of benzene rings is 1. The average Bonchev–Trinajstić information content (AvgIpc) is 3.16. The molecule has 30 heavy (non-hydrogen) atoms. The number of rotatable bonds is 8. The molecule has 2 saturated heterocycles. The van der Waals surface area contributed by atoms with Gasteiger partial charge in [-0.2, -0.15) is 0 Å². The lowest BCUT2D eigenvalue weighted by Gasteiger charge is -2.36. The first-order valence-corrected chi connectivity index (χ1v) is 12.1. The molecule has 10 heteroatoms. The number of halogens is 1. The van der Waals surface area contributed by atoms with E-state index in [9.17, 15) is 8.42 Å². The van der Waals surface area contributed by atoms with E-state index in [2.05, 4.69) is 49.1 Å². The zero-order valence-electron chi connectivity index (χ0n) is 17.8. The summed E-state index contributed by atoms with van der Waals surface area (Å²) in [6.07, 6.45) is 0.162. The molecule has 0 aliphatic carbocycles. The molecular formula is C20H34IN5O3S. The van der Waals surface area contributed by atoms with Gasteiger partial charge in [-0.15, -0.1) is 24.0 Å². The van der Waals surface area contributed by atoms with E-state index in [1.165, 1.54) is 5.56 Å². The molecule has 2 fully saturated rings. The van der Waals surface area contributed by atoms with Crippen molar-refractivity contribution < 1.29 is 13.2 Å². The Labute approximate surface area is 197 Å². The average molecular weight is 551 g/mol. The fraction of sp³-hybridized carbons (Fsp3) is 0.650. The van der Waals surface area contributed by atoms with Crippen LogP contribution in [0.5, 0.6) is 0 Å². The maximum absolute atomic E-state index is 11.6. The van der Waals surface area contributed by atoms with Gasteiger partial charge in [0.25, 0.3) is 0 Å². The number of sulfonamides is 1. The van der Waals surface area contributed by atoms with Crippen LogP contribution in [0.4, 0.5) is 0 Å². The van der Waals surface area contributed by atoms with Crippen LogP contribution in [-0.4, -0.2) is 88.0 Å². The number of hydrogen-bond donors (Lipinski definition) is 2. The number of ether oxygens (including phenoxy) is 1. The van der Waals surface area contributed by atoms with E-state index >= 15 is 0 Å². The van der Waals surface area contributed by atoms with Gasteiger partial charge in [0.05, 0.1) is 31.1 Å². The molecule has 1 aromatic rings. The topological polar surface area (TPSA) is 86.3 Å². The standard InChI is InChI=1S/C20H33N5O3S.HI/c1-3-21-20(22-10-11-23-29(26,27)4-2)25-15-18-19(16-25)28-13-12-24(18)14-17-8-6-5-7-9-17;/h5-9,18-19,23H,3-4,10-16H2,1-2H3,(H,21,22);1H. The van der Waals surface area contributed by atoms with Gasteiger partial charge in [0.15, 0.2) is 5.96 Å². The van der Waals surface area contributed by atoms with Crippen LogP contribution in [-0.2, 0) is 21.3 Å². The smallest absolute Gasteiger partial charge is 0.211 e. The third kappa shape index (κ3) is 7.04. The number of guanidine groups is 1. The van der Waals surface area contributed by atoms with Crippen molar-refractivity contribution in [2.24, 2.45) is 4.99 Å². The van der Waals surface area contributed by atoms with E-state index in [4.69, 9.17) is 4.74 Å². The van der Waals surface area contributed by atoms with Crippen LogP contribution in [0.2, 0.25) is 0 Å². The van der Waals surface area contributed by atoms with Crippen molar-refractivity contribution in [2.75, 3.05) is 51.6 Å². The molecule has 0 spiro atoms. The molecule has 170 valence electrons. The number of nitrogens with zero attached hydrogens (tertiary/aromatic N) is 3.